The number of nitrogens with zero attached hydrogens (tertiary/aromatic N) is 1. The van der Waals surface area contributed by atoms with Crippen LogP contribution < -0.4 is 14.9 Å². The Bertz CT molecular complexity index is 732. The predicted octanol–water partition coefficient (Wildman–Crippen LogP) is 1.74. The lowest BCUT2D eigenvalue weighted by Gasteiger charge is -2.14. The third-order valence-electron chi connectivity index (χ3n) is 3.14. The van der Waals surface area contributed by atoms with Crippen molar-refractivity contribution in [3.05, 3.63) is 34.1 Å². The van der Waals surface area contributed by atoms with Gasteiger partial charge in [-0.15, -0.1) is 0 Å². The maximum atomic E-state index is 12.3. The summed E-state index contributed by atoms with van der Waals surface area (Å²) in [6.07, 6.45) is 1.34. The highest BCUT2D eigenvalue weighted by atomic mass is 16.5. The molecule has 1 aromatic heterocycles. The van der Waals surface area contributed by atoms with E-state index in [-0.39, 0.29) is 10.9 Å². The summed E-state index contributed by atoms with van der Waals surface area (Å²) < 4.78 is 12.1. The van der Waals surface area contributed by atoms with Crippen molar-refractivity contribution >= 4 is 16.9 Å². The number of fused-ring (bicyclic) bond motifs is 1. The summed E-state index contributed by atoms with van der Waals surface area (Å²) in [6.45, 7) is 2.37. The average molecular weight is 277 g/mol. The van der Waals surface area contributed by atoms with Crippen LogP contribution in [0, 0.1) is 0 Å². The van der Waals surface area contributed by atoms with E-state index in [9.17, 15) is 9.59 Å². The molecule has 0 saturated heterocycles. The molecule has 6 heteroatoms. The van der Waals surface area contributed by atoms with Crippen LogP contribution in [-0.4, -0.2) is 29.9 Å². The predicted molar refractivity (Wildman–Crippen MR) is 73.9 cm³/mol. The molecule has 1 aromatic carbocycles. The van der Waals surface area contributed by atoms with Crippen molar-refractivity contribution in [1.82, 2.24) is 4.57 Å². The Morgan fingerprint density at radius 2 is 2.00 bits per heavy atom. The monoisotopic (exact) mass is 277 g/mol. The summed E-state index contributed by atoms with van der Waals surface area (Å²) in [4.78, 5) is 23.4. The number of pyridine rings is 1. The van der Waals surface area contributed by atoms with Crippen LogP contribution >= 0.6 is 0 Å². The molecule has 0 atom stereocenters. The highest BCUT2D eigenvalue weighted by Gasteiger charge is 2.17. The van der Waals surface area contributed by atoms with Gasteiger partial charge in [-0.1, -0.05) is 0 Å². The summed E-state index contributed by atoms with van der Waals surface area (Å²) in [5.74, 6) is -0.340. The maximum Gasteiger partial charge on any atom is 0.341 e. The van der Waals surface area contributed by atoms with Crippen molar-refractivity contribution in [1.29, 1.82) is 0 Å². The first-order chi connectivity index (χ1) is 9.53. The molecule has 2 rings (SSSR count). The Balaban J connectivity index is 3.00. The molecule has 2 aromatic rings. The summed E-state index contributed by atoms with van der Waals surface area (Å²) in [5.41, 5.74) is -0.255. The normalized spacial score (nSPS) is 10.6. The lowest BCUT2D eigenvalue weighted by molar-refractivity contribution is 0.0695. The van der Waals surface area contributed by atoms with Gasteiger partial charge in [0.05, 0.1) is 25.1 Å². The average Bonchev–Trinajstić information content (AvgIpc) is 2.46. The number of aromatic carboxylic acids is 1. The maximum absolute atomic E-state index is 12.3. The molecule has 0 spiro atoms. The molecular formula is C14H15NO5. The Morgan fingerprint density at radius 3 is 2.50 bits per heavy atom. The number of benzene rings is 1. The molecule has 0 aliphatic rings. The van der Waals surface area contributed by atoms with Gasteiger partial charge < -0.3 is 19.1 Å². The van der Waals surface area contributed by atoms with Gasteiger partial charge in [-0.05, 0) is 13.0 Å². The zero-order valence-corrected chi connectivity index (χ0v) is 11.5. The van der Waals surface area contributed by atoms with E-state index in [0.29, 0.717) is 23.6 Å². The van der Waals surface area contributed by atoms with Crippen molar-refractivity contribution < 1.29 is 19.4 Å². The summed E-state index contributed by atoms with van der Waals surface area (Å²) in [5, 5.41) is 9.39. The van der Waals surface area contributed by atoms with Crippen LogP contribution in [0.2, 0.25) is 0 Å². The molecule has 0 aliphatic carbocycles. The molecule has 0 fully saturated rings. The van der Waals surface area contributed by atoms with E-state index in [1.54, 1.807) is 10.6 Å². The molecule has 0 radical (unpaired) electrons. The first-order valence-electron chi connectivity index (χ1n) is 6.06. The highest BCUT2D eigenvalue weighted by molar-refractivity contribution is 5.95. The number of carboxylic acids is 1. The van der Waals surface area contributed by atoms with Gasteiger partial charge in [0.2, 0.25) is 5.43 Å². The molecule has 106 valence electrons. The van der Waals surface area contributed by atoms with Crippen molar-refractivity contribution in [2.24, 2.45) is 0 Å². The van der Waals surface area contributed by atoms with Gasteiger partial charge >= 0.3 is 5.97 Å². The molecule has 0 unspecified atom stereocenters. The molecule has 6 nitrogen and oxygen atoms in total. The van der Waals surface area contributed by atoms with Gasteiger partial charge in [-0.25, -0.2) is 4.79 Å². The number of carboxylic acid groups (broad SMARTS) is 1. The molecule has 1 heterocycles. The lowest BCUT2D eigenvalue weighted by atomic mass is 10.1. The zero-order chi connectivity index (χ0) is 14.9. The Kier molecular flexibility index (Phi) is 3.65. The molecule has 0 aliphatic heterocycles. The third kappa shape index (κ3) is 2.09. The van der Waals surface area contributed by atoms with Crippen molar-refractivity contribution in [3.63, 3.8) is 0 Å². The standard InChI is InChI=1S/C14H15NO5/c1-4-15-7-10(14(17)18)13(16)9-5-8(19-2)6-11(20-3)12(9)15/h5-7H,4H2,1-3H3,(H,17,18). The minimum atomic E-state index is -1.25. The van der Waals surface area contributed by atoms with E-state index < -0.39 is 11.4 Å². The molecule has 0 amide bonds. The molecule has 0 bridgehead atoms. The highest BCUT2D eigenvalue weighted by Crippen LogP contribution is 2.29. The van der Waals surface area contributed by atoms with Gasteiger partial charge in [-0.3, -0.25) is 4.79 Å². The van der Waals surface area contributed by atoms with Crippen LogP contribution in [0.1, 0.15) is 17.3 Å². The van der Waals surface area contributed by atoms with E-state index >= 15 is 0 Å². The van der Waals surface area contributed by atoms with Crippen LogP contribution in [0.5, 0.6) is 11.5 Å². The number of ether oxygens (including phenoxy) is 2. The first kappa shape index (κ1) is 13.9. The molecule has 0 saturated carbocycles. The van der Waals surface area contributed by atoms with E-state index in [1.165, 1.54) is 26.5 Å². The van der Waals surface area contributed by atoms with Gasteiger partial charge in [0.1, 0.15) is 17.1 Å². The van der Waals surface area contributed by atoms with Gasteiger partial charge in [-0.2, -0.15) is 0 Å². The summed E-state index contributed by atoms with van der Waals surface area (Å²) in [7, 11) is 2.96. The second-order valence-electron chi connectivity index (χ2n) is 4.19. The lowest BCUT2D eigenvalue weighted by Crippen LogP contribution is -2.19. The zero-order valence-electron chi connectivity index (χ0n) is 11.5. The summed E-state index contributed by atoms with van der Waals surface area (Å²) in [6, 6.07) is 3.19. The van der Waals surface area contributed by atoms with E-state index in [4.69, 9.17) is 14.6 Å². The van der Waals surface area contributed by atoms with Crippen molar-refractivity contribution in [2.45, 2.75) is 13.5 Å². The SMILES string of the molecule is CCn1cc(C(=O)O)c(=O)c2cc(OC)cc(OC)c21. The largest absolute Gasteiger partial charge is 0.497 e. The fourth-order valence-corrected chi connectivity index (χ4v) is 2.15. The van der Waals surface area contributed by atoms with Crippen LogP contribution in [0.3, 0.4) is 0 Å². The van der Waals surface area contributed by atoms with Crippen LogP contribution in [-0.2, 0) is 6.54 Å². The van der Waals surface area contributed by atoms with Crippen LogP contribution in [0.15, 0.2) is 23.1 Å². The number of carbonyl (C=O) groups is 1. The van der Waals surface area contributed by atoms with Gasteiger partial charge in [0, 0.05) is 18.8 Å². The fraction of sp³-hybridized carbons (Fsp3) is 0.286. The Morgan fingerprint density at radius 1 is 1.30 bits per heavy atom. The quantitative estimate of drug-likeness (QED) is 0.921. The number of hydrogen-bond donors (Lipinski definition) is 1. The van der Waals surface area contributed by atoms with Crippen molar-refractivity contribution in [3.8, 4) is 11.5 Å². The second kappa shape index (κ2) is 5.24. The number of aryl methyl sites for hydroxylation is 1. The van der Waals surface area contributed by atoms with E-state index in [2.05, 4.69) is 0 Å². The smallest absolute Gasteiger partial charge is 0.341 e. The minimum Gasteiger partial charge on any atom is -0.497 e. The van der Waals surface area contributed by atoms with E-state index in [0.717, 1.165) is 0 Å². The van der Waals surface area contributed by atoms with Gasteiger partial charge in [0.15, 0.2) is 0 Å². The topological polar surface area (TPSA) is 77.8 Å². The Labute approximate surface area is 115 Å². The Hall–Kier alpha value is -2.50. The minimum absolute atomic E-state index is 0.267. The summed E-state index contributed by atoms with van der Waals surface area (Å²) >= 11 is 0. The molecule has 1 N–H and O–H groups in total. The fourth-order valence-electron chi connectivity index (χ4n) is 2.15. The number of methoxy groups -OCH3 is 2. The number of hydrogen-bond acceptors (Lipinski definition) is 4. The van der Waals surface area contributed by atoms with Crippen LogP contribution in [0.25, 0.3) is 10.9 Å². The number of rotatable bonds is 4. The van der Waals surface area contributed by atoms with Crippen molar-refractivity contribution in [2.75, 3.05) is 14.2 Å². The second-order valence-corrected chi connectivity index (χ2v) is 4.19. The third-order valence-corrected chi connectivity index (χ3v) is 3.14. The van der Waals surface area contributed by atoms with Crippen LogP contribution in [0.4, 0.5) is 0 Å². The first-order valence-corrected chi connectivity index (χ1v) is 6.06. The molecular weight excluding hydrogens is 262 g/mol. The van der Waals surface area contributed by atoms with E-state index in [1.807, 2.05) is 6.92 Å². The van der Waals surface area contributed by atoms with Gasteiger partial charge in [0.25, 0.3) is 0 Å². The molecule has 20 heavy (non-hydrogen) atoms. The number of aromatic nitrogens is 1.